The van der Waals surface area contributed by atoms with Crippen LogP contribution < -0.4 is 14.8 Å². The van der Waals surface area contributed by atoms with Gasteiger partial charge in [-0.3, -0.25) is 4.79 Å². The van der Waals surface area contributed by atoms with Crippen molar-refractivity contribution in [2.75, 3.05) is 14.2 Å². The number of benzene rings is 2. The Balaban J connectivity index is 2.22. The second-order valence-electron chi connectivity index (χ2n) is 4.93. The smallest absolute Gasteiger partial charge is 0.251 e. The first kappa shape index (κ1) is 16.7. The molecule has 0 aromatic heterocycles. The van der Waals surface area contributed by atoms with Crippen molar-refractivity contribution in [3.63, 3.8) is 0 Å². The summed E-state index contributed by atoms with van der Waals surface area (Å²) in [5.41, 5.74) is 0.750. The van der Waals surface area contributed by atoms with Gasteiger partial charge in [0.2, 0.25) is 0 Å². The normalized spacial score (nSPS) is 11.7. The first-order valence-corrected chi connectivity index (χ1v) is 6.94. The third-order valence-corrected chi connectivity index (χ3v) is 3.43. The van der Waals surface area contributed by atoms with E-state index in [0.29, 0.717) is 17.1 Å². The van der Waals surface area contributed by atoms with Gasteiger partial charge in [0.1, 0.15) is 11.5 Å². The first-order chi connectivity index (χ1) is 11.0. The fraction of sp³-hybridized carbons (Fsp3) is 0.235. The fourth-order valence-electron chi connectivity index (χ4n) is 2.17. The van der Waals surface area contributed by atoms with Crippen LogP contribution in [0.25, 0.3) is 0 Å². The van der Waals surface area contributed by atoms with E-state index in [-0.39, 0.29) is 5.56 Å². The fourth-order valence-corrected chi connectivity index (χ4v) is 2.17. The molecule has 6 heteroatoms. The lowest BCUT2D eigenvalue weighted by Crippen LogP contribution is -2.27. The summed E-state index contributed by atoms with van der Waals surface area (Å²) in [6.07, 6.45) is 0. The van der Waals surface area contributed by atoms with Crippen LogP contribution in [-0.4, -0.2) is 20.1 Å². The van der Waals surface area contributed by atoms with E-state index in [0.717, 1.165) is 12.1 Å². The Kier molecular flexibility index (Phi) is 5.16. The van der Waals surface area contributed by atoms with E-state index in [1.54, 1.807) is 25.1 Å². The van der Waals surface area contributed by atoms with Gasteiger partial charge in [-0.2, -0.15) is 0 Å². The van der Waals surface area contributed by atoms with Gasteiger partial charge < -0.3 is 14.8 Å². The predicted molar refractivity (Wildman–Crippen MR) is 81.8 cm³/mol. The lowest BCUT2D eigenvalue weighted by atomic mass is 10.1. The number of carbonyl (C=O) groups is 1. The highest BCUT2D eigenvalue weighted by molar-refractivity contribution is 5.94. The summed E-state index contributed by atoms with van der Waals surface area (Å²) in [7, 11) is 3.06. The minimum absolute atomic E-state index is 0.0395. The summed E-state index contributed by atoms with van der Waals surface area (Å²) in [4.78, 5) is 12.2. The number of ether oxygens (including phenoxy) is 2. The van der Waals surface area contributed by atoms with Crippen LogP contribution in [0, 0.1) is 11.6 Å². The van der Waals surface area contributed by atoms with Crippen LogP contribution in [0.4, 0.5) is 8.78 Å². The van der Waals surface area contributed by atoms with E-state index in [9.17, 15) is 13.6 Å². The van der Waals surface area contributed by atoms with Gasteiger partial charge in [0.25, 0.3) is 5.91 Å². The van der Waals surface area contributed by atoms with Crippen LogP contribution in [0.3, 0.4) is 0 Å². The number of halogens is 2. The largest absolute Gasteiger partial charge is 0.497 e. The van der Waals surface area contributed by atoms with Crippen LogP contribution in [0.2, 0.25) is 0 Å². The molecule has 2 aromatic rings. The quantitative estimate of drug-likeness (QED) is 0.917. The molecule has 1 N–H and O–H groups in total. The molecule has 2 aromatic carbocycles. The molecule has 0 aliphatic heterocycles. The maximum Gasteiger partial charge on any atom is 0.251 e. The zero-order chi connectivity index (χ0) is 17.0. The number of nitrogens with one attached hydrogen (secondary N) is 1. The van der Waals surface area contributed by atoms with Gasteiger partial charge in [0, 0.05) is 11.1 Å². The van der Waals surface area contributed by atoms with Gasteiger partial charge in [-0.05, 0) is 43.3 Å². The Morgan fingerprint density at radius 3 is 2.39 bits per heavy atom. The standard InChI is InChI=1S/C17H17F2NO3/c1-10(13-9-12(22-2)5-7-16(13)23-3)20-17(21)11-4-6-14(18)15(19)8-11/h4-10H,1-3H3,(H,20,21)/t10-/m0/s1. The number of methoxy groups -OCH3 is 2. The Labute approximate surface area is 133 Å². The zero-order valence-electron chi connectivity index (χ0n) is 13.0. The van der Waals surface area contributed by atoms with Crippen molar-refractivity contribution in [3.05, 3.63) is 59.2 Å². The second-order valence-corrected chi connectivity index (χ2v) is 4.93. The molecule has 0 heterocycles. The van der Waals surface area contributed by atoms with Crippen molar-refractivity contribution in [1.82, 2.24) is 5.32 Å². The van der Waals surface area contributed by atoms with Gasteiger partial charge in [-0.25, -0.2) is 8.78 Å². The van der Waals surface area contributed by atoms with Crippen molar-refractivity contribution in [2.24, 2.45) is 0 Å². The maximum atomic E-state index is 13.2. The molecule has 1 amide bonds. The monoisotopic (exact) mass is 321 g/mol. The second kappa shape index (κ2) is 7.09. The van der Waals surface area contributed by atoms with E-state index in [1.807, 2.05) is 0 Å². The Bertz CT molecular complexity index is 719. The van der Waals surface area contributed by atoms with Crippen LogP contribution in [0.1, 0.15) is 28.9 Å². The summed E-state index contributed by atoms with van der Waals surface area (Å²) in [5, 5.41) is 2.72. The molecule has 23 heavy (non-hydrogen) atoms. The summed E-state index contributed by atoms with van der Waals surface area (Å²) >= 11 is 0. The highest BCUT2D eigenvalue weighted by atomic mass is 19.2. The van der Waals surface area contributed by atoms with E-state index in [2.05, 4.69) is 5.32 Å². The molecule has 0 fully saturated rings. The molecular formula is C17H17F2NO3. The Morgan fingerprint density at radius 2 is 1.78 bits per heavy atom. The van der Waals surface area contributed by atoms with E-state index < -0.39 is 23.6 Å². The molecule has 0 aliphatic carbocycles. The van der Waals surface area contributed by atoms with Crippen molar-refractivity contribution in [1.29, 1.82) is 0 Å². The lowest BCUT2D eigenvalue weighted by Gasteiger charge is -2.18. The van der Waals surface area contributed by atoms with Gasteiger partial charge in [0.05, 0.1) is 20.3 Å². The highest BCUT2D eigenvalue weighted by Gasteiger charge is 2.17. The van der Waals surface area contributed by atoms with Gasteiger partial charge >= 0.3 is 0 Å². The molecular weight excluding hydrogens is 304 g/mol. The molecule has 0 radical (unpaired) electrons. The van der Waals surface area contributed by atoms with Crippen molar-refractivity contribution in [3.8, 4) is 11.5 Å². The average molecular weight is 321 g/mol. The van der Waals surface area contributed by atoms with Crippen LogP contribution in [0.5, 0.6) is 11.5 Å². The van der Waals surface area contributed by atoms with E-state index in [4.69, 9.17) is 9.47 Å². The minimum Gasteiger partial charge on any atom is -0.497 e. The number of carbonyl (C=O) groups excluding carboxylic acids is 1. The molecule has 1 atom stereocenters. The van der Waals surface area contributed by atoms with Crippen molar-refractivity contribution >= 4 is 5.91 Å². The molecule has 0 bridgehead atoms. The molecule has 2 rings (SSSR count). The third kappa shape index (κ3) is 3.77. The summed E-state index contributed by atoms with van der Waals surface area (Å²) in [6.45, 7) is 1.76. The SMILES string of the molecule is COc1ccc(OC)c([C@H](C)NC(=O)c2ccc(F)c(F)c2)c1. The van der Waals surface area contributed by atoms with Crippen LogP contribution in [0.15, 0.2) is 36.4 Å². The first-order valence-electron chi connectivity index (χ1n) is 6.94. The number of rotatable bonds is 5. The molecule has 4 nitrogen and oxygen atoms in total. The molecule has 122 valence electrons. The lowest BCUT2D eigenvalue weighted by molar-refractivity contribution is 0.0939. The topological polar surface area (TPSA) is 47.6 Å². The molecule has 0 aliphatic rings. The average Bonchev–Trinajstić information content (AvgIpc) is 2.56. The summed E-state index contributed by atoms with van der Waals surface area (Å²) < 4.78 is 36.6. The molecule has 0 unspecified atom stereocenters. The van der Waals surface area contributed by atoms with Crippen molar-refractivity contribution < 1.29 is 23.0 Å². The molecule has 0 spiro atoms. The van der Waals surface area contributed by atoms with Crippen molar-refractivity contribution in [2.45, 2.75) is 13.0 Å². The number of amides is 1. The molecule has 0 saturated carbocycles. The Morgan fingerprint density at radius 1 is 1.04 bits per heavy atom. The van der Waals surface area contributed by atoms with Gasteiger partial charge in [-0.15, -0.1) is 0 Å². The predicted octanol–water partition coefficient (Wildman–Crippen LogP) is 3.47. The van der Waals surface area contributed by atoms with Crippen LogP contribution >= 0.6 is 0 Å². The third-order valence-electron chi connectivity index (χ3n) is 3.43. The molecule has 0 saturated heterocycles. The summed E-state index contributed by atoms with van der Waals surface area (Å²) in [5.74, 6) is -1.37. The van der Waals surface area contributed by atoms with Gasteiger partial charge in [-0.1, -0.05) is 0 Å². The number of hydrogen-bond acceptors (Lipinski definition) is 3. The Hall–Kier alpha value is -2.63. The van der Waals surface area contributed by atoms with E-state index in [1.165, 1.54) is 20.3 Å². The number of hydrogen-bond donors (Lipinski definition) is 1. The van der Waals surface area contributed by atoms with Crippen LogP contribution in [-0.2, 0) is 0 Å². The highest BCUT2D eigenvalue weighted by Crippen LogP contribution is 2.29. The van der Waals surface area contributed by atoms with E-state index >= 15 is 0 Å². The summed E-state index contributed by atoms with van der Waals surface area (Å²) in [6, 6.07) is 7.81. The maximum absolute atomic E-state index is 13.2. The van der Waals surface area contributed by atoms with Gasteiger partial charge in [0.15, 0.2) is 11.6 Å². The zero-order valence-corrected chi connectivity index (χ0v) is 13.0. The minimum atomic E-state index is -1.07.